The lowest BCUT2D eigenvalue weighted by Crippen LogP contribution is -2.35. The Hall–Kier alpha value is -1.96. The van der Waals surface area contributed by atoms with Crippen LogP contribution in [0.25, 0.3) is 0 Å². The van der Waals surface area contributed by atoms with Crippen LogP contribution >= 0.6 is 0 Å². The molecule has 1 saturated heterocycles. The minimum Gasteiger partial charge on any atom is -0.458 e. The van der Waals surface area contributed by atoms with E-state index in [0.717, 1.165) is 5.56 Å². The summed E-state index contributed by atoms with van der Waals surface area (Å²) < 4.78 is 21.9. The summed E-state index contributed by atoms with van der Waals surface area (Å²) in [6, 6.07) is 9.77. The Morgan fingerprint density at radius 1 is 1.29 bits per heavy atom. The van der Waals surface area contributed by atoms with Crippen molar-refractivity contribution < 1.29 is 28.5 Å². The smallest absolute Gasteiger partial charge is 0.325 e. The molecule has 0 aliphatic carbocycles. The van der Waals surface area contributed by atoms with Crippen molar-refractivity contribution in [3.8, 4) is 0 Å². The Kier molecular flexibility index (Phi) is 7.17. The van der Waals surface area contributed by atoms with E-state index in [9.17, 15) is 9.59 Å². The van der Waals surface area contributed by atoms with Crippen LogP contribution in [0.5, 0.6) is 0 Å². The summed E-state index contributed by atoms with van der Waals surface area (Å²) in [7, 11) is 1.54. The molecule has 0 saturated carbocycles. The summed E-state index contributed by atoms with van der Waals surface area (Å²) in [4.78, 5) is 22.6. The van der Waals surface area contributed by atoms with E-state index in [-0.39, 0.29) is 19.1 Å². The van der Waals surface area contributed by atoms with Gasteiger partial charge in [-0.05, 0) is 5.56 Å². The van der Waals surface area contributed by atoms with Crippen LogP contribution in [0.3, 0.4) is 0 Å². The number of ether oxygens (including phenoxy) is 4. The number of esters is 1. The van der Waals surface area contributed by atoms with E-state index in [1.165, 1.54) is 14.0 Å². The molecule has 7 heteroatoms. The van der Waals surface area contributed by atoms with Gasteiger partial charge in [0.05, 0.1) is 13.2 Å². The first-order chi connectivity index (χ1) is 11.6. The van der Waals surface area contributed by atoms with E-state index >= 15 is 0 Å². The predicted octanol–water partition coefficient (Wildman–Crippen LogP) is 1.01. The molecular weight excluding hydrogens is 314 g/mol. The van der Waals surface area contributed by atoms with E-state index in [4.69, 9.17) is 18.9 Å². The van der Waals surface area contributed by atoms with Gasteiger partial charge in [-0.15, -0.1) is 0 Å². The number of hydrogen-bond donors (Lipinski definition) is 1. The molecular formula is C17H23NO6. The fraction of sp³-hybridized carbons (Fsp3) is 0.529. The average Bonchev–Trinajstić information content (AvgIpc) is 2.96. The van der Waals surface area contributed by atoms with Gasteiger partial charge in [0.25, 0.3) is 0 Å². The minimum atomic E-state index is -0.511. The van der Waals surface area contributed by atoms with Gasteiger partial charge in [-0.25, -0.2) is 0 Å². The Morgan fingerprint density at radius 3 is 2.71 bits per heavy atom. The van der Waals surface area contributed by atoms with E-state index in [0.29, 0.717) is 13.0 Å². The number of rotatable bonds is 8. The molecule has 1 heterocycles. The van der Waals surface area contributed by atoms with Gasteiger partial charge >= 0.3 is 5.97 Å². The van der Waals surface area contributed by atoms with Gasteiger partial charge in [-0.1, -0.05) is 30.3 Å². The monoisotopic (exact) mass is 337 g/mol. The van der Waals surface area contributed by atoms with Crippen molar-refractivity contribution in [2.24, 2.45) is 0 Å². The van der Waals surface area contributed by atoms with Gasteiger partial charge in [0.15, 0.2) is 6.29 Å². The highest BCUT2D eigenvalue weighted by atomic mass is 16.7. The third-order valence-electron chi connectivity index (χ3n) is 3.59. The van der Waals surface area contributed by atoms with Crippen molar-refractivity contribution in [1.29, 1.82) is 0 Å². The topological polar surface area (TPSA) is 83.1 Å². The van der Waals surface area contributed by atoms with Gasteiger partial charge in [0, 0.05) is 20.5 Å². The Labute approximate surface area is 141 Å². The van der Waals surface area contributed by atoms with Crippen LogP contribution in [0.4, 0.5) is 0 Å². The normalized spacial score (nSPS) is 23.0. The molecule has 1 aliphatic rings. The molecule has 24 heavy (non-hydrogen) atoms. The number of carbonyl (C=O) groups is 2. The van der Waals surface area contributed by atoms with Crippen LogP contribution in [0.2, 0.25) is 0 Å². The highest BCUT2D eigenvalue weighted by molar-refractivity contribution is 5.80. The van der Waals surface area contributed by atoms with E-state index in [2.05, 4.69) is 5.32 Å². The molecule has 0 spiro atoms. The zero-order valence-electron chi connectivity index (χ0n) is 13.9. The number of nitrogens with one attached hydrogen (secondary N) is 1. The second-order valence-corrected chi connectivity index (χ2v) is 5.51. The molecule has 0 bridgehead atoms. The van der Waals surface area contributed by atoms with E-state index < -0.39 is 24.5 Å². The first kappa shape index (κ1) is 18.4. The maximum absolute atomic E-state index is 11.8. The van der Waals surface area contributed by atoms with Crippen molar-refractivity contribution in [3.63, 3.8) is 0 Å². The predicted molar refractivity (Wildman–Crippen MR) is 84.9 cm³/mol. The SMILES string of the molecule is COC1C[C@H](OC(=O)CNC(C)=O)[C@@H](COCc2ccccc2)O1. The Morgan fingerprint density at radius 2 is 2.04 bits per heavy atom. The lowest BCUT2D eigenvalue weighted by molar-refractivity contribution is -0.157. The zero-order valence-corrected chi connectivity index (χ0v) is 13.9. The molecule has 1 unspecified atom stereocenters. The number of benzene rings is 1. The van der Waals surface area contributed by atoms with Crippen LogP contribution in [0, 0.1) is 0 Å². The van der Waals surface area contributed by atoms with Crippen LogP contribution in [-0.2, 0) is 35.1 Å². The van der Waals surface area contributed by atoms with E-state index in [1.54, 1.807) is 0 Å². The van der Waals surface area contributed by atoms with Crippen LogP contribution in [0.1, 0.15) is 18.9 Å². The summed E-state index contributed by atoms with van der Waals surface area (Å²) in [5.41, 5.74) is 1.05. The van der Waals surface area contributed by atoms with Crippen LogP contribution in [-0.4, -0.2) is 50.6 Å². The van der Waals surface area contributed by atoms with Crippen LogP contribution < -0.4 is 5.32 Å². The van der Waals surface area contributed by atoms with Crippen molar-refractivity contribution in [3.05, 3.63) is 35.9 Å². The fourth-order valence-electron chi connectivity index (χ4n) is 2.38. The molecule has 0 aromatic heterocycles. The van der Waals surface area contributed by atoms with Crippen molar-refractivity contribution >= 4 is 11.9 Å². The van der Waals surface area contributed by atoms with Gasteiger partial charge in [-0.2, -0.15) is 0 Å². The molecule has 132 valence electrons. The second-order valence-electron chi connectivity index (χ2n) is 5.51. The van der Waals surface area contributed by atoms with E-state index in [1.807, 2.05) is 30.3 Å². The number of carbonyl (C=O) groups excluding carboxylic acids is 2. The molecule has 7 nitrogen and oxygen atoms in total. The van der Waals surface area contributed by atoms with Gasteiger partial charge in [-0.3, -0.25) is 9.59 Å². The molecule has 1 aromatic rings. The van der Waals surface area contributed by atoms with Crippen molar-refractivity contribution in [2.45, 2.75) is 38.4 Å². The van der Waals surface area contributed by atoms with Crippen molar-refractivity contribution in [2.75, 3.05) is 20.3 Å². The highest BCUT2D eigenvalue weighted by Gasteiger charge is 2.38. The van der Waals surface area contributed by atoms with Crippen LogP contribution in [0.15, 0.2) is 30.3 Å². The molecule has 1 N–H and O–H groups in total. The van der Waals surface area contributed by atoms with Gasteiger partial charge in [0.2, 0.25) is 5.91 Å². The second kappa shape index (κ2) is 9.36. The zero-order chi connectivity index (χ0) is 17.4. The largest absolute Gasteiger partial charge is 0.458 e. The first-order valence-electron chi connectivity index (χ1n) is 7.82. The maximum atomic E-state index is 11.8. The summed E-state index contributed by atoms with van der Waals surface area (Å²) in [6.45, 7) is 1.91. The minimum absolute atomic E-state index is 0.166. The number of amides is 1. The standard InChI is InChI=1S/C17H23NO6/c1-12(19)18-9-16(20)23-14-8-17(21-2)24-15(14)11-22-10-13-6-4-3-5-7-13/h3-7,14-15,17H,8-11H2,1-2H3,(H,18,19)/t14-,15+,17?/m0/s1. The Balaban J connectivity index is 1.81. The number of methoxy groups -OCH3 is 1. The first-order valence-corrected chi connectivity index (χ1v) is 7.82. The fourth-order valence-corrected chi connectivity index (χ4v) is 2.38. The summed E-state index contributed by atoms with van der Waals surface area (Å²) >= 11 is 0. The number of hydrogen-bond acceptors (Lipinski definition) is 6. The van der Waals surface area contributed by atoms with Gasteiger partial charge in [0.1, 0.15) is 18.8 Å². The summed E-state index contributed by atoms with van der Waals surface area (Å²) in [5, 5.41) is 2.41. The highest BCUT2D eigenvalue weighted by Crippen LogP contribution is 2.24. The third-order valence-corrected chi connectivity index (χ3v) is 3.59. The molecule has 0 radical (unpaired) electrons. The molecule has 1 amide bonds. The Bertz CT molecular complexity index is 535. The van der Waals surface area contributed by atoms with Gasteiger partial charge < -0.3 is 24.3 Å². The van der Waals surface area contributed by atoms with Crippen molar-refractivity contribution in [1.82, 2.24) is 5.32 Å². The molecule has 3 atom stereocenters. The summed E-state index contributed by atoms with van der Waals surface area (Å²) in [5.74, 6) is -0.796. The molecule has 2 rings (SSSR count). The molecule has 1 aromatic carbocycles. The lowest BCUT2D eigenvalue weighted by atomic mass is 10.2. The molecule has 1 aliphatic heterocycles. The maximum Gasteiger partial charge on any atom is 0.325 e. The molecule has 1 fully saturated rings. The summed E-state index contributed by atoms with van der Waals surface area (Å²) in [6.07, 6.45) is -0.873. The average molecular weight is 337 g/mol. The lowest BCUT2D eigenvalue weighted by Gasteiger charge is -2.19. The third kappa shape index (κ3) is 5.92. The quantitative estimate of drug-likeness (QED) is 0.713.